The van der Waals surface area contributed by atoms with Crippen LogP contribution >= 0.6 is 0 Å². The van der Waals surface area contributed by atoms with E-state index in [1.54, 1.807) is 54.6 Å². The second-order valence-corrected chi connectivity index (χ2v) is 7.23. The molecular formula is C25H23N3O5. The van der Waals surface area contributed by atoms with Gasteiger partial charge in [-0.3, -0.25) is 19.1 Å². The molecule has 1 aromatic heterocycles. The van der Waals surface area contributed by atoms with Crippen LogP contribution < -0.4 is 26.0 Å². The van der Waals surface area contributed by atoms with E-state index in [2.05, 4.69) is 10.3 Å². The third-order valence-electron chi connectivity index (χ3n) is 4.99. The predicted octanol–water partition coefficient (Wildman–Crippen LogP) is 3.91. The molecule has 0 aliphatic heterocycles. The summed E-state index contributed by atoms with van der Waals surface area (Å²) >= 11 is 0. The maximum atomic E-state index is 12.7. The van der Waals surface area contributed by atoms with Crippen LogP contribution in [0.5, 0.6) is 17.2 Å². The number of carbonyl (C=O) groups is 1. The summed E-state index contributed by atoms with van der Waals surface area (Å²) in [6.07, 6.45) is 0.0351. The molecule has 0 spiro atoms. The van der Waals surface area contributed by atoms with Gasteiger partial charge < -0.3 is 14.8 Å². The van der Waals surface area contributed by atoms with Crippen LogP contribution in [0, 0.1) is 0 Å². The summed E-state index contributed by atoms with van der Waals surface area (Å²) in [5, 5.41) is 3.23. The number of carbonyl (C=O) groups excluding carboxylic acids is 1. The number of aromatic nitrogens is 2. The molecule has 0 bridgehead atoms. The lowest BCUT2D eigenvalue weighted by Gasteiger charge is -2.13. The van der Waals surface area contributed by atoms with Crippen molar-refractivity contribution in [2.45, 2.75) is 19.9 Å². The average Bonchev–Trinajstić information content (AvgIpc) is 2.82. The van der Waals surface area contributed by atoms with Crippen molar-refractivity contribution in [3.63, 3.8) is 0 Å². The number of hydrogen-bond acceptors (Lipinski definition) is 5. The normalized spacial score (nSPS) is 10.7. The zero-order valence-electron chi connectivity index (χ0n) is 18.0. The minimum absolute atomic E-state index is 0.0351. The van der Waals surface area contributed by atoms with E-state index < -0.39 is 11.2 Å². The largest absolute Gasteiger partial charge is 0.494 e. The third-order valence-corrected chi connectivity index (χ3v) is 4.99. The first-order valence-electron chi connectivity index (χ1n) is 10.6. The Balaban J connectivity index is 1.46. The maximum absolute atomic E-state index is 12.7. The number of H-pyrrole nitrogens is 1. The lowest BCUT2D eigenvalue weighted by atomic mass is 10.2. The molecule has 1 amide bonds. The summed E-state index contributed by atoms with van der Waals surface area (Å²) < 4.78 is 12.8. The molecule has 0 radical (unpaired) electrons. The predicted molar refractivity (Wildman–Crippen MR) is 126 cm³/mol. The van der Waals surface area contributed by atoms with E-state index in [0.29, 0.717) is 34.7 Å². The molecule has 4 aromatic rings. The first kappa shape index (κ1) is 21.9. The summed E-state index contributed by atoms with van der Waals surface area (Å²) in [7, 11) is 0. The van der Waals surface area contributed by atoms with Gasteiger partial charge in [-0.05, 0) is 55.5 Å². The number of anilines is 1. The van der Waals surface area contributed by atoms with Gasteiger partial charge in [0.15, 0.2) is 5.75 Å². The molecule has 0 atom stereocenters. The van der Waals surface area contributed by atoms with Crippen molar-refractivity contribution >= 4 is 22.5 Å². The van der Waals surface area contributed by atoms with E-state index in [4.69, 9.17) is 9.47 Å². The fourth-order valence-electron chi connectivity index (χ4n) is 3.45. The number of hydrogen-bond donors (Lipinski definition) is 2. The van der Waals surface area contributed by atoms with Crippen molar-refractivity contribution < 1.29 is 14.3 Å². The van der Waals surface area contributed by atoms with Crippen LogP contribution in [-0.2, 0) is 11.3 Å². The van der Waals surface area contributed by atoms with Gasteiger partial charge >= 0.3 is 5.69 Å². The molecule has 0 aliphatic carbocycles. The lowest BCUT2D eigenvalue weighted by Crippen LogP contribution is -2.31. The van der Waals surface area contributed by atoms with Crippen molar-refractivity contribution in [1.82, 2.24) is 9.55 Å². The quantitative estimate of drug-likeness (QED) is 0.428. The molecule has 8 heteroatoms. The first-order valence-corrected chi connectivity index (χ1v) is 10.6. The number of nitrogens with zero attached hydrogens (tertiary/aromatic N) is 1. The Kier molecular flexibility index (Phi) is 6.54. The fraction of sp³-hybridized carbons (Fsp3) is 0.160. The van der Waals surface area contributed by atoms with Crippen molar-refractivity contribution in [2.24, 2.45) is 0 Å². The van der Waals surface area contributed by atoms with Gasteiger partial charge in [0.2, 0.25) is 5.91 Å². The number of amides is 1. The lowest BCUT2D eigenvalue weighted by molar-refractivity contribution is -0.116. The van der Waals surface area contributed by atoms with Crippen LogP contribution in [0.3, 0.4) is 0 Å². The number of fused-ring (bicyclic) bond motifs is 1. The van der Waals surface area contributed by atoms with E-state index in [0.717, 1.165) is 5.75 Å². The molecule has 0 saturated carbocycles. The van der Waals surface area contributed by atoms with E-state index in [1.807, 2.05) is 25.1 Å². The van der Waals surface area contributed by atoms with Crippen molar-refractivity contribution in [2.75, 3.05) is 11.9 Å². The van der Waals surface area contributed by atoms with E-state index in [-0.39, 0.29) is 18.9 Å². The number of aryl methyl sites for hydroxylation is 1. The van der Waals surface area contributed by atoms with Gasteiger partial charge in [-0.25, -0.2) is 4.79 Å². The highest BCUT2D eigenvalue weighted by Gasteiger charge is 2.12. The van der Waals surface area contributed by atoms with Crippen molar-refractivity contribution in [1.29, 1.82) is 0 Å². The number of para-hydroxylation sites is 3. The molecule has 8 nitrogen and oxygen atoms in total. The van der Waals surface area contributed by atoms with Crippen molar-refractivity contribution in [3.8, 4) is 17.2 Å². The Hall–Kier alpha value is -4.33. The molecule has 3 aromatic carbocycles. The topological polar surface area (TPSA) is 102 Å². The minimum atomic E-state index is -0.550. The summed E-state index contributed by atoms with van der Waals surface area (Å²) in [4.78, 5) is 39.2. The standard InChI is InChI=1S/C25H23N3O5/c1-2-32-17-11-13-18(14-12-17)33-22-10-6-4-8-20(22)26-23(29)15-16-28-21-9-5-3-7-19(21)24(30)27-25(28)31/h3-14H,2,15-16H2,1H3,(H,26,29)(H,27,30,31). The number of aromatic amines is 1. The molecule has 168 valence electrons. The molecule has 1 heterocycles. The van der Waals surface area contributed by atoms with Crippen LogP contribution in [0.25, 0.3) is 10.9 Å². The molecule has 4 rings (SSSR count). The van der Waals surface area contributed by atoms with E-state index in [9.17, 15) is 14.4 Å². The second-order valence-electron chi connectivity index (χ2n) is 7.23. The summed E-state index contributed by atoms with van der Waals surface area (Å²) in [5.74, 6) is 1.55. The Morgan fingerprint density at radius 2 is 1.64 bits per heavy atom. The summed E-state index contributed by atoms with van der Waals surface area (Å²) in [6.45, 7) is 2.61. The highest BCUT2D eigenvalue weighted by Crippen LogP contribution is 2.30. The zero-order valence-corrected chi connectivity index (χ0v) is 18.0. The van der Waals surface area contributed by atoms with E-state index >= 15 is 0 Å². The number of benzene rings is 3. The van der Waals surface area contributed by atoms with Crippen LogP contribution in [-0.4, -0.2) is 22.1 Å². The van der Waals surface area contributed by atoms with Gasteiger partial charge in [0.05, 0.1) is 23.2 Å². The molecule has 0 saturated heterocycles. The highest BCUT2D eigenvalue weighted by atomic mass is 16.5. The fourth-order valence-corrected chi connectivity index (χ4v) is 3.45. The first-order chi connectivity index (χ1) is 16.0. The second kappa shape index (κ2) is 9.86. The number of ether oxygens (including phenoxy) is 2. The van der Waals surface area contributed by atoms with Gasteiger partial charge in [-0.15, -0.1) is 0 Å². The molecular weight excluding hydrogens is 422 g/mol. The Labute approximate surface area is 189 Å². The molecule has 0 aliphatic rings. The molecule has 0 fully saturated rings. The van der Waals surface area contributed by atoms with Gasteiger partial charge in [0.1, 0.15) is 11.5 Å². The SMILES string of the molecule is CCOc1ccc(Oc2ccccc2NC(=O)CCn2c(=O)[nH]c(=O)c3ccccc32)cc1. The third kappa shape index (κ3) is 5.12. The van der Waals surface area contributed by atoms with Gasteiger partial charge in [-0.2, -0.15) is 0 Å². The monoisotopic (exact) mass is 445 g/mol. The number of nitrogens with one attached hydrogen (secondary N) is 2. The average molecular weight is 445 g/mol. The zero-order chi connectivity index (χ0) is 23.2. The molecule has 0 unspecified atom stereocenters. The van der Waals surface area contributed by atoms with Crippen LogP contribution in [0.15, 0.2) is 82.4 Å². The molecule has 33 heavy (non-hydrogen) atoms. The van der Waals surface area contributed by atoms with Crippen LogP contribution in [0.4, 0.5) is 5.69 Å². The van der Waals surface area contributed by atoms with Crippen LogP contribution in [0.2, 0.25) is 0 Å². The Morgan fingerprint density at radius 3 is 2.42 bits per heavy atom. The summed E-state index contributed by atoms with van der Waals surface area (Å²) in [6, 6.07) is 21.1. The van der Waals surface area contributed by atoms with Crippen LogP contribution in [0.1, 0.15) is 13.3 Å². The summed E-state index contributed by atoms with van der Waals surface area (Å²) in [5.41, 5.74) is -0.00394. The smallest absolute Gasteiger partial charge is 0.328 e. The van der Waals surface area contributed by atoms with E-state index in [1.165, 1.54) is 4.57 Å². The van der Waals surface area contributed by atoms with Gasteiger partial charge in [0.25, 0.3) is 5.56 Å². The Bertz CT molecular complexity index is 1390. The minimum Gasteiger partial charge on any atom is -0.494 e. The maximum Gasteiger partial charge on any atom is 0.328 e. The Morgan fingerprint density at radius 1 is 0.939 bits per heavy atom. The highest BCUT2D eigenvalue weighted by molar-refractivity contribution is 5.92. The van der Waals surface area contributed by atoms with Crippen molar-refractivity contribution in [3.05, 3.63) is 93.6 Å². The number of rotatable bonds is 8. The molecule has 2 N–H and O–H groups in total. The van der Waals surface area contributed by atoms with Gasteiger partial charge in [0, 0.05) is 13.0 Å². The van der Waals surface area contributed by atoms with Gasteiger partial charge in [-0.1, -0.05) is 24.3 Å².